The molecule has 0 spiro atoms. The molecular weight excluding hydrogens is 376 g/mol. The molecule has 0 aromatic heterocycles. The third kappa shape index (κ3) is 7.10. The molecule has 0 unspecified atom stereocenters. The lowest BCUT2D eigenvalue weighted by atomic mass is 9.87. The molecular formula is C24H34N4O2. The SMILES string of the molecule is CN=C(NCCOc1cccc(C(C)(C)C)c1)NCc1ccc(C(=O)N(C)C)cc1. The number of aliphatic imine (C=N–C) groups is 1. The van der Waals surface area contributed by atoms with E-state index in [0.29, 0.717) is 31.2 Å². The second kappa shape index (κ2) is 10.7. The molecule has 0 saturated heterocycles. The average Bonchev–Trinajstić information content (AvgIpc) is 2.72. The van der Waals surface area contributed by atoms with Crippen LogP contribution in [-0.2, 0) is 12.0 Å². The van der Waals surface area contributed by atoms with E-state index >= 15 is 0 Å². The summed E-state index contributed by atoms with van der Waals surface area (Å²) in [5.41, 5.74) is 3.10. The summed E-state index contributed by atoms with van der Waals surface area (Å²) in [7, 11) is 5.23. The Labute approximate surface area is 180 Å². The van der Waals surface area contributed by atoms with Gasteiger partial charge in [0.25, 0.3) is 5.91 Å². The summed E-state index contributed by atoms with van der Waals surface area (Å²) in [6, 6.07) is 15.8. The van der Waals surface area contributed by atoms with Crippen LogP contribution in [0.15, 0.2) is 53.5 Å². The van der Waals surface area contributed by atoms with Gasteiger partial charge in [-0.2, -0.15) is 0 Å². The zero-order valence-electron chi connectivity index (χ0n) is 19.0. The number of carbonyl (C=O) groups excluding carboxylic acids is 1. The standard InChI is InChI=1S/C24H34N4O2/c1-24(2,3)20-8-7-9-21(16-20)30-15-14-26-23(25-4)27-17-18-10-12-19(13-11-18)22(29)28(5)6/h7-13,16H,14-15,17H2,1-6H3,(H2,25,26,27). The number of benzene rings is 2. The van der Waals surface area contributed by atoms with Gasteiger partial charge >= 0.3 is 0 Å². The Balaban J connectivity index is 1.77. The third-order valence-electron chi connectivity index (χ3n) is 4.65. The summed E-state index contributed by atoms with van der Waals surface area (Å²) in [6.07, 6.45) is 0. The van der Waals surface area contributed by atoms with Crippen molar-refractivity contribution in [2.45, 2.75) is 32.7 Å². The van der Waals surface area contributed by atoms with E-state index in [4.69, 9.17) is 4.74 Å². The minimum Gasteiger partial charge on any atom is -0.492 e. The van der Waals surface area contributed by atoms with Crippen molar-refractivity contribution >= 4 is 11.9 Å². The van der Waals surface area contributed by atoms with Crippen LogP contribution >= 0.6 is 0 Å². The molecule has 6 heteroatoms. The predicted octanol–water partition coefficient (Wildman–Crippen LogP) is 3.43. The van der Waals surface area contributed by atoms with Crippen LogP contribution < -0.4 is 15.4 Å². The van der Waals surface area contributed by atoms with E-state index in [0.717, 1.165) is 11.3 Å². The largest absolute Gasteiger partial charge is 0.492 e. The van der Waals surface area contributed by atoms with Gasteiger partial charge in [0, 0.05) is 33.3 Å². The first kappa shape index (κ1) is 23.3. The quantitative estimate of drug-likeness (QED) is 0.417. The summed E-state index contributed by atoms with van der Waals surface area (Å²) in [4.78, 5) is 17.8. The Morgan fingerprint density at radius 3 is 2.37 bits per heavy atom. The number of amides is 1. The van der Waals surface area contributed by atoms with Crippen molar-refractivity contribution in [3.05, 3.63) is 65.2 Å². The molecule has 0 radical (unpaired) electrons. The second-order valence-corrected chi connectivity index (χ2v) is 8.38. The first-order valence-electron chi connectivity index (χ1n) is 10.2. The monoisotopic (exact) mass is 410 g/mol. The maximum atomic E-state index is 12.0. The van der Waals surface area contributed by atoms with E-state index < -0.39 is 0 Å². The van der Waals surface area contributed by atoms with Crippen molar-refractivity contribution in [3.8, 4) is 5.75 Å². The zero-order chi connectivity index (χ0) is 22.1. The fourth-order valence-corrected chi connectivity index (χ4v) is 2.82. The maximum absolute atomic E-state index is 12.0. The number of nitrogens with zero attached hydrogens (tertiary/aromatic N) is 2. The topological polar surface area (TPSA) is 66.0 Å². The van der Waals surface area contributed by atoms with Crippen LogP contribution in [0, 0.1) is 0 Å². The molecule has 2 N–H and O–H groups in total. The zero-order valence-corrected chi connectivity index (χ0v) is 19.0. The number of rotatable bonds is 7. The highest BCUT2D eigenvalue weighted by Crippen LogP contribution is 2.25. The van der Waals surface area contributed by atoms with Crippen molar-refractivity contribution in [1.82, 2.24) is 15.5 Å². The third-order valence-corrected chi connectivity index (χ3v) is 4.65. The molecule has 162 valence electrons. The van der Waals surface area contributed by atoms with Gasteiger partial charge in [-0.3, -0.25) is 9.79 Å². The fourth-order valence-electron chi connectivity index (χ4n) is 2.82. The second-order valence-electron chi connectivity index (χ2n) is 8.38. The van der Waals surface area contributed by atoms with Crippen molar-refractivity contribution in [3.63, 3.8) is 0 Å². The highest BCUT2D eigenvalue weighted by atomic mass is 16.5. The van der Waals surface area contributed by atoms with Gasteiger partial charge in [-0.25, -0.2) is 0 Å². The molecule has 0 bridgehead atoms. The number of guanidine groups is 1. The van der Waals surface area contributed by atoms with E-state index in [1.54, 1.807) is 26.0 Å². The van der Waals surface area contributed by atoms with E-state index in [2.05, 4.69) is 48.5 Å². The fraction of sp³-hybridized carbons (Fsp3) is 0.417. The first-order valence-corrected chi connectivity index (χ1v) is 10.2. The van der Waals surface area contributed by atoms with Crippen LogP contribution in [-0.4, -0.2) is 51.1 Å². The van der Waals surface area contributed by atoms with Gasteiger partial charge in [-0.1, -0.05) is 45.0 Å². The number of hydrogen-bond acceptors (Lipinski definition) is 3. The Morgan fingerprint density at radius 2 is 1.77 bits per heavy atom. The highest BCUT2D eigenvalue weighted by Gasteiger charge is 2.13. The van der Waals surface area contributed by atoms with Gasteiger partial charge in [0.15, 0.2) is 5.96 Å². The van der Waals surface area contributed by atoms with Crippen LogP contribution in [0.3, 0.4) is 0 Å². The molecule has 0 fully saturated rings. The molecule has 0 aliphatic rings. The van der Waals surface area contributed by atoms with Gasteiger partial charge in [0.05, 0.1) is 6.54 Å². The van der Waals surface area contributed by atoms with Crippen molar-refractivity contribution in [2.75, 3.05) is 34.3 Å². The van der Waals surface area contributed by atoms with Crippen LogP contribution in [0.5, 0.6) is 5.75 Å². The summed E-state index contributed by atoms with van der Waals surface area (Å²) >= 11 is 0. The summed E-state index contributed by atoms with van der Waals surface area (Å²) in [5, 5.41) is 6.53. The first-order chi connectivity index (χ1) is 14.2. The van der Waals surface area contributed by atoms with Crippen molar-refractivity contribution < 1.29 is 9.53 Å². The molecule has 0 aliphatic carbocycles. The van der Waals surface area contributed by atoms with E-state index in [1.165, 1.54) is 5.56 Å². The summed E-state index contributed by atoms with van der Waals surface area (Å²) < 4.78 is 5.87. The molecule has 0 aliphatic heterocycles. The van der Waals surface area contributed by atoms with Crippen LogP contribution in [0.1, 0.15) is 42.3 Å². The van der Waals surface area contributed by atoms with Crippen LogP contribution in [0.4, 0.5) is 0 Å². The molecule has 6 nitrogen and oxygen atoms in total. The number of nitrogens with one attached hydrogen (secondary N) is 2. The molecule has 0 atom stereocenters. The average molecular weight is 411 g/mol. The molecule has 2 aromatic carbocycles. The van der Waals surface area contributed by atoms with Gasteiger partial charge in [-0.05, 0) is 40.8 Å². The van der Waals surface area contributed by atoms with Crippen LogP contribution in [0.2, 0.25) is 0 Å². The molecule has 1 amide bonds. The number of ether oxygens (including phenoxy) is 1. The minimum absolute atomic E-state index is 0.0000208. The lowest BCUT2D eigenvalue weighted by Gasteiger charge is -2.20. The summed E-state index contributed by atoms with van der Waals surface area (Å²) in [5.74, 6) is 1.58. The van der Waals surface area contributed by atoms with Gasteiger partial charge in [-0.15, -0.1) is 0 Å². The summed E-state index contributed by atoms with van der Waals surface area (Å²) in [6.45, 7) is 8.36. The number of carbonyl (C=O) groups is 1. The highest BCUT2D eigenvalue weighted by molar-refractivity contribution is 5.93. The Hall–Kier alpha value is -3.02. The van der Waals surface area contributed by atoms with Gasteiger partial charge < -0.3 is 20.3 Å². The lowest BCUT2D eigenvalue weighted by Crippen LogP contribution is -2.38. The Kier molecular flexibility index (Phi) is 8.27. The predicted molar refractivity (Wildman–Crippen MR) is 123 cm³/mol. The van der Waals surface area contributed by atoms with E-state index in [9.17, 15) is 4.79 Å². The number of hydrogen-bond donors (Lipinski definition) is 2. The lowest BCUT2D eigenvalue weighted by molar-refractivity contribution is 0.0827. The molecule has 2 aromatic rings. The molecule has 0 saturated carbocycles. The molecule has 30 heavy (non-hydrogen) atoms. The van der Waals surface area contributed by atoms with E-state index in [1.807, 2.05) is 36.4 Å². The minimum atomic E-state index is 0.0000208. The Morgan fingerprint density at radius 1 is 1.07 bits per heavy atom. The normalized spacial score (nSPS) is 11.7. The van der Waals surface area contributed by atoms with Gasteiger partial charge in [0.1, 0.15) is 12.4 Å². The molecule has 2 rings (SSSR count). The smallest absolute Gasteiger partial charge is 0.253 e. The molecule has 0 heterocycles. The van der Waals surface area contributed by atoms with Crippen LogP contribution in [0.25, 0.3) is 0 Å². The maximum Gasteiger partial charge on any atom is 0.253 e. The van der Waals surface area contributed by atoms with Crippen molar-refractivity contribution in [2.24, 2.45) is 4.99 Å². The van der Waals surface area contributed by atoms with Crippen molar-refractivity contribution in [1.29, 1.82) is 0 Å². The van der Waals surface area contributed by atoms with E-state index in [-0.39, 0.29) is 11.3 Å². The Bertz CT molecular complexity index is 852. The van der Waals surface area contributed by atoms with Gasteiger partial charge in [0.2, 0.25) is 0 Å².